The first-order valence-corrected chi connectivity index (χ1v) is 11.4. The van der Waals surface area contributed by atoms with Gasteiger partial charge in [0.1, 0.15) is 23.1 Å². The first kappa shape index (κ1) is 24.3. The zero-order valence-electron chi connectivity index (χ0n) is 19.0. The van der Waals surface area contributed by atoms with Gasteiger partial charge >= 0.3 is 12.6 Å². The number of halogens is 4. The van der Waals surface area contributed by atoms with Crippen LogP contribution in [0.5, 0.6) is 17.5 Å². The SMILES string of the molecule is Cc1ccnc(Oc2ccc(-n3c(-c4ccc(N)cc4OC(F)F)c(Br)c4ncnc(N)c43)cc2F)n1. The van der Waals surface area contributed by atoms with Crippen molar-refractivity contribution in [1.82, 2.24) is 24.5 Å². The number of aryl methyl sites for hydroxylation is 1. The predicted molar refractivity (Wildman–Crippen MR) is 134 cm³/mol. The van der Waals surface area contributed by atoms with Crippen molar-refractivity contribution in [3.8, 4) is 34.5 Å². The number of fused-ring (bicyclic) bond motifs is 1. The maximum atomic E-state index is 15.3. The van der Waals surface area contributed by atoms with Crippen molar-refractivity contribution in [1.29, 1.82) is 0 Å². The Kier molecular flexibility index (Phi) is 6.29. The first-order chi connectivity index (χ1) is 17.7. The fraction of sp³-hybridized carbons (Fsp3) is 0.0833. The molecule has 0 aliphatic rings. The molecule has 0 amide bonds. The molecule has 0 bridgehead atoms. The second-order valence-electron chi connectivity index (χ2n) is 7.79. The number of benzene rings is 2. The van der Waals surface area contributed by atoms with E-state index in [-0.39, 0.29) is 40.3 Å². The Bertz CT molecular complexity index is 1650. The Hall–Kier alpha value is -4.39. The largest absolute Gasteiger partial charge is 0.434 e. The predicted octanol–water partition coefficient (Wildman–Crippen LogP) is 5.65. The third-order valence-corrected chi connectivity index (χ3v) is 6.09. The third kappa shape index (κ3) is 4.60. The average Bonchev–Trinajstić information content (AvgIpc) is 3.14. The summed E-state index contributed by atoms with van der Waals surface area (Å²) in [7, 11) is 0. The Balaban J connectivity index is 1.72. The van der Waals surface area contributed by atoms with E-state index >= 15 is 4.39 Å². The van der Waals surface area contributed by atoms with Gasteiger partial charge in [-0.2, -0.15) is 8.78 Å². The second-order valence-corrected chi connectivity index (χ2v) is 8.58. The van der Waals surface area contributed by atoms with E-state index in [0.29, 0.717) is 26.9 Å². The molecule has 0 aliphatic carbocycles. The summed E-state index contributed by atoms with van der Waals surface area (Å²) in [5.74, 6) is -0.964. The molecule has 4 N–H and O–H groups in total. The summed E-state index contributed by atoms with van der Waals surface area (Å²) in [6.45, 7) is -1.36. The summed E-state index contributed by atoms with van der Waals surface area (Å²) in [5, 5.41) is 0. The number of alkyl halides is 2. The van der Waals surface area contributed by atoms with E-state index in [1.165, 1.54) is 47.4 Å². The Morgan fingerprint density at radius 3 is 2.54 bits per heavy atom. The number of aromatic nitrogens is 5. The Morgan fingerprint density at radius 1 is 1.00 bits per heavy atom. The topological polar surface area (TPSA) is 127 Å². The lowest BCUT2D eigenvalue weighted by molar-refractivity contribution is -0.0494. The van der Waals surface area contributed by atoms with Crippen LogP contribution in [-0.4, -0.2) is 31.1 Å². The Labute approximate surface area is 216 Å². The number of nitrogens with two attached hydrogens (primary N) is 2. The summed E-state index contributed by atoms with van der Waals surface area (Å²) in [5.41, 5.74) is 14.4. The van der Waals surface area contributed by atoms with E-state index < -0.39 is 12.4 Å². The van der Waals surface area contributed by atoms with E-state index in [1.807, 2.05) is 0 Å². The third-order valence-electron chi connectivity index (χ3n) is 5.34. The van der Waals surface area contributed by atoms with Crippen LogP contribution in [0.4, 0.5) is 24.7 Å². The van der Waals surface area contributed by atoms with E-state index in [4.69, 9.17) is 20.9 Å². The van der Waals surface area contributed by atoms with Crippen LogP contribution >= 0.6 is 15.9 Å². The Morgan fingerprint density at radius 2 is 1.81 bits per heavy atom. The number of rotatable bonds is 6. The molecule has 2 aromatic carbocycles. The van der Waals surface area contributed by atoms with Crippen molar-refractivity contribution in [2.24, 2.45) is 0 Å². The van der Waals surface area contributed by atoms with Gasteiger partial charge in [-0.1, -0.05) is 0 Å². The standard InChI is InChI=1S/C24H17BrF3N7O2/c1-11-6-7-31-24(34-11)37-16-5-3-13(9-15(16)26)35-20(18(25)19-21(35)22(30)33-10-32-19)14-4-2-12(29)8-17(14)36-23(27)28/h2-10,23H,29H2,1H3,(H2,30,32,33). The van der Waals surface area contributed by atoms with Crippen LogP contribution in [0, 0.1) is 12.7 Å². The molecule has 3 heterocycles. The molecular weight excluding hydrogens is 555 g/mol. The van der Waals surface area contributed by atoms with Crippen molar-refractivity contribution in [2.75, 3.05) is 11.5 Å². The molecule has 0 saturated carbocycles. The zero-order chi connectivity index (χ0) is 26.3. The molecule has 3 aromatic heterocycles. The fourth-order valence-electron chi connectivity index (χ4n) is 3.81. The second kappa shape index (κ2) is 9.58. The normalized spacial score (nSPS) is 11.3. The van der Waals surface area contributed by atoms with Gasteiger partial charge < -0.3 is 25.5 Å². The van der Waals surface area contributed by atoms with Gasteiger partial charge in [0, 0.05) is 41.0 Å². The zero-order valence-corrected chi connectivity index (χ0v) is 20.6. The maximum absolute atomic E-state index is 15.3. The van der Waals surface area contributed by atoms with Crippen LogP contribution in [0.2, 0.25) is 0 Å². The summed E-state index contributed by atoms with van der Waals surface area (Å²) in [6.07, 6.45) is 2.75. The minimum Gasteiger partial charge on any atom is -0.434 e. The van der Waals surface area contributed by atoms with Gasteiger partial charge in [0.05, 0.1) is 10.2 Å². The number of hydrogen-bond donors (Lipinski definition) is 2. The highest BCUT2D eigenvalue weighted by Gasteiger charge is 2.25. The quantitative estimate of drug-likeness (QED) is 0.250. The fourth-order valence-corrected chi connectivity index (χ4v) is 4.49. The van der Waals surface area contributed by atoms with Crippen molar-refractivity contribution in [2.45, 2.75) is 13.5 Å². The minimum absolute atomic E-state index is 0.0187. The summed E-state index contributed by atoms with van der Waals surface area (Å²) < 4.78 is 53.9. The van der Waals surface area contributed by atoms with Crippen LogP contribution in [0.25, 0.3) is 28.0 Å². The van der Waals surface area contributed by atoms with Gasteiger partial charge in [-0.25, -0.2) is 24.3 Å². The monoisotopic (exact) mass is 571 g/mol. The van der Waals surface area contributed by atoms with Crippen molar-refractivity contribution >= 4 is 38.5 Å². The lowest BCUT2D eigenvalue weighted by atomic mass is 10.1. The van der Waals surface area contributed by atoms with Gasteiger partial charge in [-0.3, -0.25) is 0 Å². The first-order valence-electron chi connectivity index (χ1n) is 10.7. The number of hydrogen-bond acceptors (Lipinski definition) is 8. The van der Waals surface area contributed by atoms with Gasteiger partial charge in [0.25, 0.3) is 0 Å². The molecule has 5 aromatic rings. The summed E-state index contributed by atoms with van der Waals surface area (Å²) in [4.78, 5) is 16.4. The summed E-state index contributed by atoms with van der Waals surface area (Å²) in [6, 6.07) is 10.1. The molecule has 37 heavy (non-hydrogen) atoms. The van der Waals surface area contributed by atoms with E-state index in [1.54, 1.807) is 19.1 Å². The smallest absolute Gasteiger partial charge is 0.387 e. The van der Waals surface area contributed by atoms with Crippen molar-refractivity contribution in [3.63, 3.8) is 0 Å². The lowest BCUT2D eigenvalue weighted by Crippen LogP contribution is -2.06. The molecule has 0 aliphatic heterocycles. The highest BCUT2D eigenvalue weighted by molar-refractivity contribution is 9.10. The molecule has 0 fully saturated rings. The van der Waals surface area contributed by atoms with Crippen LogP contribution < -0.4 is 20.9 Å². The number of anilines is 2. The highest BCUT2D eigenvalue weighted by atomic mass is 79.9. The molecule has 0 radical (unpaired) electrons. The van der Waals surface area contributed by atoms with E-state index in [9.17, 15) is 8.78 Å². The molecule has 0 unspecified atom stereocenters. The van der Waals surface area contributed by atoms with Gasteiger partial charge in [-0.05, 0) is 53.2 Å². The summed E-state index contributed by atoms with van der Waals surface area (Å²) >= 11 is 3.50. The van der Waals surface area contributed by atoms with Crippen molar-refractivity contribution in [3.05, 3.63) is 71.0 Å². The molecule has 13 heteroatoms. The molecule has 188 valence electrons. The van der Waals surface area contributed by atoms with Gasteiger partial charge in [0.2, 0.25) is 0 Å². The number of nitrogens with zero attached hydrogens (tertiary/aromatic N) is 5. The maximum Gasteiger partial charge on any atom is 0.387 e. The minimum atomic E-state index is -3.11. The van der Waals surface area contributed by atoms with Crippen LogP contribution in [0.15, 0.2) is 59.5 Å². The highest BCUT2D eigenvalue weighted by Crippen LogP contribution is 2.44. The van der Waals surface area contributed by atoms with E-state index in [2.05, 4.69) is 35.9 Å². The van der Waals surface area contributed by atoms with Crippen LogP contribution in [0.3, 0.4) is 0 Å². The molecule has 5 rings (SSSR count). The number of ether oxygens (including phenoxy) is 2. The molecular formula is C24H17BrF3N7O2. The van der Waals surface area contributed by atoms with Gasteiger partial charge in [-0.15, -0.1) is 0 Å². The molecule has 0 saturated heterocycles. The molecule has 0 atom stereocenters. The lowest BCUT2D eigenvalue weighted by Gasteiger charge is -2.16. The number of nitrogen functional groups attached to an aromatic ring is 2. The van der Waals surface area contributed by atoms with Crippen LogP contribution in [-0.2, 0) is 0 Å². The van der Waals surface area contributed by atoms with E-state index in [0.717, 1.165) is 0 Å². The van der Waals surface area contributed by atoms with Crippen molar-refractivity contribution < 1.29 is 22.6 Å². The average molecular weight is 572 g/mol. The molecule has 0 spiro atoms. The van der Waals surface area contributed by atoms with Gasteiger partial charge in [0.15, 0.2) is 17.4 Å². The molecule has 9 nitrogen and oxygen atoms in total. The van der Waals surface area contributed by atoms with Crippen LogP contribution in [0.1, 0.15) is 5.69 Å².